The van der Waals surface area contributed by atoms with Gasteiger partial charge in [-0.25, -0.2) is 0 Å². The zero-order chi connectivity index (χ0) is 12.1. The molecule has 0 radical (unpaired) electrons. The number of carbonyl (C=O) groups is 1. The number of Topliss-reactive ketones (excluding diaryl/α,β-unsaturated/α-hetero) is 1. The Morgan fingerprint density at radius 2 is 1.81 bits per heavy atom. The molecule has 0 aromatic heterocycles. The maximum Gasteiger partial charge on any atom is 0.178 e. The van der Waals surface area contributed by atoms with E-state index in [1.54, 1.807) is 6.92 Å². The highest BCUT2D eigenvalue weighted by molar-refractivity contribution is 7.86. The van der Waals surface area contributed by atoms with Gasteiger partial charge in [-0.3, -0.25) is 9.00 Å². The molecule has 1 aromatic carbocycles. The van der Waals surface area contributed by atoms with Gasteiger partial charge in [0.25, 0.3) is 0 Å². The van der Waals surface area contributed by atoms with Crippen LogP contribution in [0.1, 0.15) is 36.7 Å². The Labute approximate surface area is 99.5 Å². The Balaban J connectivity index is 2.84. The smallest absolute Gasteiger partial charge is 0.178 e. The second-order valence-electron chi connectivity index (χ2n) is 3.73. The lowest BCUT2D eigenvalue weighted by Gasteiger charge is -2.09. The van der Waals surface area contributed by atoms with Crippen molar-refractivity contribution < 1.29 is 9.00 Å². The van der Waals surface area contributed by atoms with Crippen LogP contribution in [0.4, 0.5) is 0 Å². The van der Waals surface area contributed by atoms with Crippen molar-refractivity contribution in [3.05, 3.63) is 35.4 Å². The van der Waals surface area contributed by atoms with Gasteiger partial charge in [-0.1, -0.05) is 38.1 Å². The summed E-state index contributed by atoms with van der Waals surface area (Å²) in [4.78, 5) is 12.0. The Hall–Kier alpha value is -0.960. The molecule has 2 nitrogen and oxygen atoms in total. The summed E-state index contributed by atoms with van der Waals surface area (Å²) < 4.78 is 11.5. The van der Waals surface area contributed by atoms with Crippen LogP contribution in [0.3, 0.4) is 0 Å². The van der Waals surface area contributed by atoms with Crippen molar-refractivity contribution in [2.24, 2.45) is 0 Å². The summed E-state index contributed by atoms with van der Waals surface area (Å²) in [6.45, 7) is 5.64. The molecule has 2 unspecified atom stereocenters. The van der Waals surface area contributed by atoms with Crippen molar-refractivity contribution >= 4 is 16.6 Å². The minimum Gasteiger partial charge on any atom is -0.293 e. The minimum atomic E-state index is -1.06. The van der Waals surface area contributed by atoms with Gasteiger partial charge in [-0.15, -0.1) is 0 Å². The van der Waals surface area contributed by atoms with Crippen LogP contribution in [0.5, 0.6) is 0 Å². The molecule has 0 aliphatic carbocycles. The highest BCUT2D eigenvalue weighted by Crippen LogP contribution is 2.10. The molecule has 2 atom stereocenters. The van der Waals surface area contributed by atoms with Crippen LogP contribution in [0.2, 0.25) is 0 Å². The molecule has 0 fully saturated rings. The standard InChI is InChI=1S/C13H18O2S/c1-4-11-6-8-12(9-7-11)13(14)10(3)16(15)5-2/h6-10H,4-5H2,1-3H3. The van der Waals surface area contributed by atoms with Gasteiger partial charge in [0.05, 0.1) is 5.25 Å². The lowest BCUT2D eigenvalue weighted by molar-refractivity contribution is 0.0992. The molecule has 0 saturated heterocycles. The average molecular weight is 238 g/mol. The maximum absolute atomic E-state index is 12.0. The van der Waals surface area contributed by atoms with E-state index in [-0.39, 0.29) is 5.78 Å². The van der Waals surface area contributed by atoms with Crippen LogP contribution in [-0.4, -0.2) is 21.0 Å². The zero-order valence-corrected chi connectivity index (χ0v) is 10.8. The van der Waals surface area contributed by atoms with E-state index in [9.17, 15) is 9.00 Å². The van der Waals surface area contributed by atoms with Crippen LogP contribution in [0.15, 0.2) is 24.3 Å². The minimum absolute atomic E-state index is 0.0252. The molecular weight excluding hydrogens is 220 g/mol. The highest BCUT2D eigenvalue weighted by atomic mass is 32.2. The van der Waals surface area contributed by atoms with E-state index < -0.39 is 16.0 Å². The molecule has 3 heteroatoms. The van der Waals surface area contributed by atoms with Gasteiger partial charge >= 0.3 is 0 Å². The highest BCUT2D eigenvalue weighted by Gasteiger charge is 2.19. The number of benzene rings is 1. The van der Waals surface area contributed by atoms with Crippen LogP contribution in [0, 0.1) is 0 Å². The van der Waals surface area contributed by atoms with E-state index in [2.05, 4.69) is 6.92 Å². The van der Waals surface area contributed by atoms with Gasteiger partial charge in [0.15, 0.2) is 5.78 Å². The van der Waals surface area contributed by atoms with Crippen molar-refractivity contribution in [1.29, 1.82) is 0 Å². The van der Waals surface area contributed by atoms with Crippen molar-refractivity contribution in [2.75, 3.05) is 5.75 Å². The largest absolute Gasteiger partial charge is 0.293 e. The van der Waals surface area contributed by atoms with Gasteiger partial charge in [0.1, 0.15) is 0 Å². The van der Waals surface area contributed by atoms with Gasteiger partial charge in [-0.05, 0) is 18.9 Å². The predicted octanol–water partition coefficient (Wildman–Crippen LogP) is 2.59. The van der Waals surface area contributed by atoms with Gasteiger partial charge < -0.3 is 0 Å². The number of carbonyl (C=O) groups excluding carboxylic acids is 1. The van der Waals surface area contributed by atoms with Crippen molar-refractivity contribution in [3.63, 3.8) is 0 Å². The molecule has 0 aliphatic rings. The molecule has 0 heterocycles. The van der Waals surface area contributed by atoms with Gasteiger partial charge in [0, 0.05) is 22.1 Å². The first kappa shape index (κ1) is 13.1. The van der Waals surface area contributed by atoms with Crippen LogP contribution in [-0.2, 0) is 17.2 Å². The summed E-state index contributed by atoms with van der Waals surface area (Å²) in [7, 11) is -1.06. The monoisotopic (exact) mass is 238 g/mol. The maximum atomic E-state index is 12.0. The Morgan fingerprint density at radius 3 is 2.25 bits per heavy atom. The number of rotatable bonds is 5. The fourth-order valence-corrected chi connectivity index (χ4v) is 2.38. The van der Waals surface area contributed by atoms with E-state index in [0.717, 1.165) is 6.42 Å². The molecule has 0 saturated carbocycles. The van der Waals surface area contributed by atoms with E-state index in [0.29, 0.717) is 11.3 Å². The Morgan fingerprint density at radius 1 is 1.25 bits per heavy atom. The molecule has 0 amide bonds. The van der Waals surface area contributed by atoms with E-state index >= 15 is 0 Å². The first-order valence-electron chi connectivity index (χ1n) is 5.60. The summed E-state index contributed by atoms with van der Waals surface area (Å²) in [5.41, 5.74) is 1.87. The average Bonchev–Trinajstić information content (AvgIpc) is 2.36. The lowest BCUT2D eigenvalue weighted by Crippen LogP contribution is -2.23. The van der Waals surface area contributed by atoms with Crippen LogP contribution < -0.4 is 0 Å². The fraction of sp³-hybridized carbons (Fsp3) is 0.462. The van der Waals surface area contributed by atoms with Gasteiger partial charge in [0.2, 0.25) is 0 Å². The summed E-state index contributed by atoms with van der Waals surface area (Å²) in [5, 5.41) is -0.405. The summed E-state index contributed by atoms with van der Waals surface area (Å²) in [6.07, 6.45) is 0.963. The third-order valence-electron chi connectivity index (χ3n) is 2.69. The third-order valence-corrected chi connectivity index (χ3v) is 4.27. The second kappa shape index (κ2) is 5.94. The quantitative estimate of drug-likeness (QED) is 0.739. The molecule has 1 aromatic rings. The lowest BCUT2D eigenvalue weighted by atomic mass is 10.1. The van der Waals surface area contributed by atoms with Crippen LogP contribution in [0.25, 0.3) is 0 Å². The number of hydrogen-bond acceptors (Lipinski definition) is 2. The summed E-state index contributed by atoms with van der Waals surface area (Å²) in [5.74, 6) is 0.503. The molecule has 0 bridgehead atoms. The summed E-state index contributed by atoms with van der Waals surface area (Å²) >= 11 is 0. The van der Waals surface area contributed by atoms with Gasteiger partial charge in [-0.2, -0.15) is 0 Å². The Kier molecular flexibility index (Phi) is 4.87. The number of hydrogen-bond donors (Lipinski definition) is 0. The Bertz CT molecular complexity index is 381. The van der Waals surface area contributed by atoms with E-state index in [4.69, 9.17) is 0 Å². The third kappa shape index (κ3) is 3.01. The molecule has 16 heavy (non-hydrogen) atoms. The van der Waals surface area contributed by atoms with Crippen LogP contribution >= 0.6 is 0 Å². The zero-order valence-electron chi connectivity index (χ0n) is 10.0. The first-order valence-corrected chi connectivity index (χ1v) is 6.98. The molecule has 0 N–H and O–H groups in total. The van der Waals surface area contributed by atoms with Crippen molar-refractivity contribution in [1.82, 2.24) is 0 Å². The predicted molar refractivity (Wildman–Crippen MR) is 68.3 cm³/mol. The second-order valence-corrected chi connectivity index (χ2v) is 5.77. The summed E-state index contributed by atoms with van der Waals surface area (Å²) in [6, 6.07) is 7.55. The van der Waals surface area contributed by atoms with E-state index in [1.165, 1.54) is 5.56 Å². The molecule has 0 aliphatic heterocycles. The molecule has 0 spiro atoms. The van der Waals surface area contributed by atoms with Crippen molar-refractivity contribution in [2.45, 2.75) is 32.4 Å². The first-order chi connectivity index (χ1) is 7.60. The normalized spacial score (nSPS) is 14.4. The van der Waals surface area contributed by atoms with Crippen molar-refractivity contribution in [3.8, 4) is 0 Å². The topological polar surface area (TPSA) is 34.1 Å². The molecule has 88 valence electrons. The molecule has 1 rings (SSSR count). The fourth-order valence-electron chi connectivity index (χ4n) is 1.51. The number of ketones is 1. The number of aryl methyl sites for hydroxylation is 1. The van der Waals surface area contributed by atoms with E-state index in [1.807, 2.05) is 31.2 Å². The molecular formula is C13H18O2S. The SMILES string of the molecule is CCc1ccc(C(=O)C(C)S(=O)CC)cc1.